The van der Waals surface area contributed by atoms with Gasteiger partial charge in [0.05, 0.1) is 0 Å². The zero-order valence-electron chi connectivity index (χ0n) is 35.3. The molecule has 10 aromatic carbocycles. The van der Waals surface area contributed by atoms with Gasteiger partial charge in [-0.25, -0.2) is 4.98 Å². The van der Waals surface area contributed by atoms with Crippen LogP contribution in [-0.2, 0) is 6.42 Å². The molecule has 0 aliphatic rings. The number of aromatic nitrogens is 1. The lowest BCUT2D eigenvalue weighted by Gasteiger charge is -2.29. The van der Waals surface area contributed by atoms with Crippen molar-refractivity contribution in [1.29, 1.82) is 0 Å². The van der Waals surface area contributed by atoms with E-state index in [2.05, 4.69) is 217 Å². The molecule has 0 spiro atoms. The zero-order valence-corrected chi connectivity index (χ0v) is 35.3. The molecule has 0 saturated heterocycles. The minimum absolute atomic E-state index is 0.627. The summed E-state index contributed by atoms with van der Waals surface area (Å²) in [6.07, 6.45) is 0.855. The fraction of sp³-hybridized carbons (Fsp3) is 0.0328. The lowest BCUT2D eigenvalue weighted by molar-refractivity contribution is 0.623. The summed E-state index contributed by atoms with van der Waals surface area (Å²) in [6, 6.07) is 86.8. The van der Waals surface area contributed by atoms with Crippen molar-refractivity contribution in [3.8, 4) is 67.1 Å². The average Bonchev–Trinajstić information content (AvgIpc) is 3.83. The zero-order chi connectivity index (χ0) is 42.7. The van der Waals surface area contributed by atoms with E-state index < -0.39 is 0 Å². The molecule has 0 radical (unpaired) electrons. The molecular formula is C61H44N2O. The number of rotatable bonds is 11. The van der Waals surface area contributed by atoms with Crippen molar-refractivity contribution >= 4 is 33.2 Å². The smallest absolute Gasteiger partial charge is 0.227 e. The van der Waals surface area contributed by atoms with Gasteiger partial charge in [0.25, 0.3) is 0 Å². The van der Waals surface area contributed by atoms with Crippen molar-refractivity contribution in [2.45, 2.75) is 6.42 Å². The molecule has 11 rings (SSSR count). The SMILES string of the molecule is c1ccc(-c2ccc(CCN(c3ccc(-c4cccc5c4ccc4nc(-c6ccccc6)oc45)c(-c4ccccc4)c3)c3ccc(-c4ccccc4)cc3-c3ccccc3)cc2)cc1. The van der Waals surface area contributed by atoms with Gasteiger partial charge in [0, 0.05) is 34.4 Å². The minimum atomic E-state index is 0.627. The molecule has 304 valence electrons. The Bertz CT molecular complexity index is 3350. The summed E-state index contributed by atoms with van der Waals surface area (Å²) in [5.41, 5.74) is 18.0. The number of hydrogen-bond acceptors (Lipinski definition) is 3. The number of hydrogen-bond donors (Lipinski definition) is 0. The van der Waals surface area contributed by atoms with Crippen LogP contribution in [0.2, 0.25) is 0 Å². The molecule has 11 aromatic rings. The monoisotopic (exact) mass is 820 g/mol. The Hall–Kier alpha value is -8.27. The first-order valence-corrected chi connectivity index (χ1v) is 22.0. The molecule has 1 aromatic heterocycles. The van der Waals surface area contributed by atoms with E-state index in [0.717, 1.165) is 74.0 Å². The molecule has 3 nitrogen and oxygen atoms in total. The first kappa shape index (κ1) is 38.6. The third kappa shape index (κ3) is 7.65. The van der Waals surface area contributed by atoms with E-state index in [4.69, 9.17) is 9.40 Å². The van der Waals surface area contributed by atoms with Crippen LogP contribution in [0.3, 0.4) is 0 Å². The first-order valence-electron chi connectivity index (χ1n) is 22.0. The largest absolute Gasteiger partial charge is 0.435 e. The Morgan fingerprint density at radius 3 is 1.58 bits per heavy atom. The number of anilines is 2. The van der Waals surface area contributed by atoms with Gasteiger partial charge in [-0.3, -0.25) is 0 Å². The standard InChI is InChI=1S/C61H44N2O/c1-6-17-44(18-7-1)46-31-29-43(30-32-46)39-40-63(59-38-33-50(45-19-8-2-9-20-45)41-57(59)48-23-12-4-13-24-48)51-34-35-54(56(42-51)47-21-10-3-11-22-47)52-27-16-28-55-53(52)36-37-58-60(55)64-61(62-58)49-25-14-5-15-26-49/h1-38,41-42H,39-40H2. The predicted molar refractivity (Wildman–Crippen MR) is 268 cm³/mol. The van der Waals surface area contributed by atoms with Crippen molar-refractivity contribution in [1.82, 2.24) is 4.98 Å². The topological polar surface area (TPSA) is 29.3 Å². The normalized spacial score (nSPS) is 11.2. The maximum absolute atomic E-state index is 6.53. The van der Waals surface area contributed by atoms with Crippen LogP contribution < -0.4 is 4.90 Å². The molecule has 0 atom stereocenters. The first-order chi connectivity index (χ1) is 31.7. The number of benzene rings is 10. The highest BCUT2D eigenvalue weighted by Gasteiger charge is 2.21. The third-order valence-corrected chi connectivity index (χ3v) is 12.3. The van der Waals surface area contributed by atoms with Crippen LogP contribution >= 0.6 is 0 Å². The van der Waals surface area contributed by atoms with Crippen molar-refractivity contribution in [2.75, 3.05) is 11.4 Å². The fourth-order valence-corrected chi connectivity index (χ4v) is 9.03. The van der Waals surface area contributed by atoms with Crippen molar-refractivity contribution < 1.29 is 4.42 Å². The molecule has 3 heteroatoms. The van der Waals surface area contributed by atoms with Gasteiger partial charge in [0.15, 0.2) is 5.58 Å². The predicted octanol–water partition coefficient (Wildman–Crippen LogP) is 16.4. The maximum atomic E-state index is 6.53. The van der Waals surface area contributed by atoms with E-state index in [0.29, 0.717) is 5.89 Å². The van der Waals surface area contributed by atoms with Crippen LogP contribution in [0, 0.1) is 0 Å². The van der Waals surface area contributed by atoms with Crippen molar-refractivity contribution in [2.24, 2.45) is 0 Å². The Morgan fingerprint density at radius 1 is 0.359 bits per heavy atom. The molecule has 0 fully saturated rings. The van der Waals surface area contributed by atoms with E-state index in [1.165, 1.54) is 38.9 Å². The molecule has 0 aliphatic heterocycles. The molecule has 64 heavy (non-hydrogen) atoms. The summed E-state index contributed by atoms with van der Waals surface area (Å²) < 4.78 is 6.53. The van der Waals surface area contributed by atoms with Crippen LogP contribution in [-0.4, -0.2) is 11.5 Å². The van der Waals surface area contributed by atoms with Crippen LogP contribution in [0.1, 0.15) is 5.56 Å². The third-order valence-electron chi connectivity index (χ3n) is 12.3. The summed E-state index contributed by atoms with van der Waals surface area (Å²) in [5, 5.41) is 2.16. The molecule has 0 bridgehead atoms. The molecule has 0 saturated carbocycles. The van der Waals surface area contributed by atoms with Gasteiger partial charge in [-0.05, 0) is 110 Å². The number of oxazole rings is 1. The van der Waals surface area contributed by atoms with E-state index in [9.17, 15) is 0 Å². The quantitative estimate of drug-likeness (QED) is 0.130. The van der Waals surface area contributed by atoms with Gasteiger partial charge in [-0.1, -0.05) is 200 Å². The molecule has 0 amide bonds. The van der Waals surface area contributed by atoms with E-state index >= 15 is 0 Å². The minimum Gasteiger partial charge on any atom is -0.435 e. The second kappa shape index (κ2) is 17.2. The molecule has 0 unspecified atom stereocenters. The van der Waals surface area contributed by atoms with Gasteiger partial charge < -0.3 is 9.32 Å². The summed E-state index contributed by atoms with van der Waals surface area (Å²) in [5.74, 6) is 0.627. The van der Waals surface area contributed by atoms with Gasteiger partial charge >= 0.3 is 0 Å². The van der Waals surface area contributed by atoms with Crippen LogP contribution in [0.25, 0.3) is 89.0 Å². The van der Waals surface area contributed by atoms with Gasteiger partial charge in [-0.15, -0.1) is 0 Å². The second-order valence-corrected chi connectivity index (χ2v) is 16.2. The molecular weight excluding hydrogens is 777 g/mol. The summed E-state index contributed by atoms with van der Waals surface area (Å²) >= 11 is 0. The van der Waals surface area contributed by atoms with E-state index in [-0.39, 0.29) is 0 Å². The second-order valence-electron chi connectivity index (χ2n) is 16.2. The molecule has 1 heterocycles. The highest BCUT2D eigenvalue weighted by atomic mass is 16.3. The lowest BCUT2D eigenvalue weighted by Crippen LogP contribution is -2.21. The fourth-order valence-electron chi connectivity index (χ4n) is 9.03. The van der Waals surface area contributed by atoms with Gasteiger partial charge in [0.2, 0.25) is 5.89 Å². The summed E-state index contributed by atoms with van der Waals surface area (Å²) in [7, 11) is 0. The summed E-state index contributed by atoms with van der Waals surface area (Å²) in [6.45, 7) is 0.768. The van der Waals surface area contributed by atoms with Crippen LogP contribution in [0.5, 0.6) is 0 Å². The number of nitrogens with zero attached hydrogens (tertiary/aromatic N) is 2. The average molecular weight is 821 g/mol. The van der Waals surface area contributed by atoms with Crippen molar-refractivity contribution in [3.63, 3.8) is 0 Å². The highest BCUT2D eigenvalue weighted by Crippen LogP contribution is 2.44. The maximum Gasteiger partial charge on any atom is 0.227 e. The van der Waals surface area contributed by atoms with E-state index in [1.54, 1.807) is 0 Å². The van der Waals surface area contributed by atoms with Gasteiger partial charge in [0.1, 0.15) is 5.52 Å². The van der Waals surface area contributed by atoms with Crippen LogP contribution in [0.4, 0.5) is 11.4 Å². The summed E-state index contributed by atoms with van der Waals surface area (Å²) in [4.78, 5) is 7.42. The lowest BCUT2D eigenvalue weighted by atomic mass is 9.90. The van der Waals surface area contributed by atoms with Crippen LogP contribution in [0.15, 0.2) is 247 Å². The Labute approximate surface area is 374 Å². The molecule has 0 N–H and O–H groups in total. The number of fused-ring (bicyclic) bond motifs is 3. The van der Waals surface area contributed by atoms with Crippen molar-refractivity contribution in [3.05, 3.63) is 248 Å². The van der Waals surface area contributed by atoms with Gasteiger partial charge in [-0.2, -0.15) is 0 Å². The highest BCUT2D eigenvalue weighted by molar-refractivity contribution is 6.10. The molecule has 0 aliphatic carbocycles. The Balaban J connectivity index is 1.06. The Morgan fingerprint density at radius 2 is 0.922 bits per heavy atom. The van der Waals surface area contributed by atoms with E-state index in [1.807, 2.05) is 30.3 Å². The Kier molecular flexibility index (Phi) is 10.4.